The molecule has 7 nitrogen and oxygen atoms in total. The minimum Gasteiger partial charge on any atom is -0.353 e. The van der Waals surface area contributed by atoms with Crippen LogP contribution < -0.4 is 5.32 Å². The molecule has 0 unspecified atom stereocenters. The van der Waals surface area contributed by atoms with E-state index in [1.807, 2.05) is 4.90 Å². The number of carbonyl (C=O) groups is 2. The first-order chi connectivity index (χ1) is 12.7. The fraction of sp³-hybridized carbons (Fsp3) is 0.737. The van der Waals surface area contributed by atoms with E-state index in [4.69, 9.17) is 0 Å². The number of carbonyl (C=O) groups excluding carboxylic acids is 2. The summed E-state index contributed by atoms with van der Waals surface area (Å²) in [5.41, 5.74) is 0.890. The molecule has 2 amide bonds. The lowest BCUT2D eigenvalue weighted by atomic mass is 9.92. The fourth-order valence-electron chi connectivity index (χ4n) is 4.80. The summed E-state index contributed by atoms with van der Waals surface area (Å²) in [5.74, 6) is 0.167. The molecule has 0 bridgehead atoms. The molecule has 3 aliphatic rings. The van der Waals surface area contributed by atoms with Crippen LogP contribution in [0.25, 0.3) is 0 Å². The van der Waals surface area contributed by atoms with E-state index < -0.39 is 6.04 Å². The summed E-state index contributed by atoms with van der Waals surface area (Å²) < 4.78 is 0. The summed E-state index contributed by atoms with van der Waals surface area (Å²) in [6, 6.07) is 0.310. The van der Waals surface area contributed by atoms with Gasteiger partial charge in [0.1, 0.15) is 6.04 Å². The largest absolute Gasteiger partial charge is 0.353 e. The molecular formula is C19H29N5O2. The Morgan fingerprint density at radius 3 is 2.62 bits per heavy atom. The lowest BCUT2D eigenvalue weighted by Gasteiger charge is -2.40. The highest BCUT2D eigenvalue weighted by atomic mass is 16.2. The Balaban J connectivity index is 1.38. The van der Waals surface area contributed by atoms with Gasteiger partial charge in [-0.2, -0.15) is 0 Å². The molecule has 1 aliphatic carbocycles. The summed E-state index contributed by atoms with van der Waals surface area (Å²) in [5, 5.41) is 2.90. The normalized spacial score (nSPS) is 26.2. The highest BCUT2D eigenvalue weighted by Gasteiger charge is 2.38. The van der Waals surface area contributed by atoms with Crippen LogP contribution in [0.2, 0.25) is 0 Å². The molecule has 1 aromatic heterocycles. The molecule has 2 aliphatic heterocycles. The van der Waals surface area contributed by atoms with Crippen molar-refractivity contribution in [2.45, 2.75) is 57.0 Å². The number of aromatic nitrogens is 2. The van der Waals surface area contributed by atoms with Gasteiger partial charge in [0, 0.05) is 43.4 Å². The lowest BCUT2D eigenvalue weighted by molar-refractivity contribution is -0.147. The van der Waals surface area contributed by atoms with Crippen molar-refractivity contribution >= 4 is 11.8 Å². The van der Waals surface area contributed by atoms with E-state index in [2.05, 4.69) is 20.2 Å². The first-order valence-electron chi connectivity index (χ1n) is 10.0. The van der Waals surface area contributed by atoms with Gasteiger partial charge < -0.3 is 20.1 Å². The van der Waals surface area contributed by atoms with Crippen molar-refractivity contribution in [1.29, 1.82) is 0 Å². The number of nitrogens with zero attached hydrogens (tertiary/aromatic N) is 3. The molecule has 1 aromatic rings. The number of likely N-dealkylation sites (tertiary alicyclic amines) is 1. The first kappa shape index (κ1) is 17.5. The standard InChI is InChI=1S/C19H29N5O2/c25-18-17(11-15-12-20-13-22-15)24(10-7-21-18)19(26)14-5-8-23(9-6-14)16-3-1-2-4-16/h12-14,16-17H,1-11H2,(H,20,22)(H,21,25)/t17-/m1/s1. The van der Waals surface area contributed by atoms with E-state index in [1.165, 1.54) is 25.7 Å². The zero-order chi connectivity index (χ0) is 17.9. The predicted molar refractivity (Wildman–Crippen MR) is 97.4 cm³/mol. The third-order valence-electron chi connectivity index (χ3n) is 6.30. The van der Waals surface area contributed by atoms with E-state index in [0.717, 1.165) is 37.7 Å². The molecule has 3 heterocycles. The molecule has 2 N–H and O–H groups in total. The Kier molecular flexibility index (Phi) is 5.24. The maximum Gasteiger partial charge on any atom is 0.243 e. The number of hydrogen-bond acceptors (Lipinski definition) is 4. The van der Waals surface area contributed by atoms with E-state index in [-0.39, 0.29) is 17.7 Å². The van der Waals surface area contributed by atoms with Gasteiger partial charge >= 0.3 is 0 Å². The number of nitrogens with one attached hydrogen (secondary N) is 2. The Labute approximate surface area is 154 Å². The monoisotopic (exact) mass is 359 g/mol. The second-order valence-corrected chi connectivity index (χ2v) is 7.87. The molecule has 0 spiro atoms. The Bertz CT molecular complexity index is 618. The summed E-state index contributed by atoms with van der Waals surface area (Å²) in [6.07, 6.45) is 11.0. The maximum atomic E-state index is 13.2. The number of H-pyrrole nitrogens is 1. The number of imidazole rings is 1. The van der Waals surface area contributed by atoms with Crippen LogP contribution in [0.3, 0.4) is 0 Å². The molecular weight excluding hydrogens is 330 g/mol. The van der Waals surface area contributed by atoms with Gasteiger partial charge in [-0.3, -0.25) is 9.59 Å². The van der Waals surface area contributed by atoms with Gasteiger partial charge in [-0.15, -0.1) is 0 Å². The van der Waals surface area contributed by atoms with Crippen LogP contribution in [0.5, 0.6) is 0 Å². The van der Waals surface area contributed by atoms with Crippen molar-refractivity contribution in [2.75, 3.05) is 26.2 Å². The fourth-order valence-corrected chi connectivity index (χ4v) is 4.80. The second-order valence-electron chi connectivity index (χ2n) is 7.87. The van der Waals surface area contributed by atoms with E-state index >= 15 is 0 Å². The summed E-state index contributed by atoms with van der Waals surface area (Å²) in [7, 11) is 0. The molecule has 0 aromatic carbocycles. The molecule has 4 rings (SSSR count). The minimum absolute atomic E-state index is 0.0532. The van der Waals surface area contributed by atoms with E-state index in [9.17, 15) is 9.59 Å². The summed E-state index contributed by atoms with van der Waals surface area (Å²) in [6.45, 7) is 3.19. The van der Waals surface area contributed by atoms with Crippen molar-refractivity contribution in [3.05, 3.63) is 18.2 Å². The van der Waals surface area contributed by atoms with Crippen molar-refractivity contribution in [3.63, 3.8) is 0 Å². The van der Waals surface area contributed by atoms with Crippen molar-refractivity contribution in [2.24, 2.45) is 5.92 Å². The number of piperidine rings is 1. The zero-order valence-electron chi connectivity index (χ0n) is 15.3. The third kappa shape index (κ3) is 3.63. The highest BCUT2D eigenvalue weighted by Crippen LogP contribution is 2.29. The van der Waals surface area contributed by atoms with Gasteiger partial charge in [0.15, 0.2) is 0 Å². The van der Waals surface area contributed by atoms with Crippen molar-refractivity contribution in [3.8, 4) is 0 Å². The minimum atomic E-state index is -0.426. The highest BCUT2D eigenvalue weighted by molar-refractivity contribution is 5.89. The number of piperazine rings is 1. The van der Waals surface area contributed by atoms with Crippen molar-refractivity contribution in [1.82, 2.24) is 25.1 Å². The van der Waals surface area contributed by atoms with Gasteiger partial charge in [0.2, 0.25) is 11.8 Å². The molecule has 3 fully saturated rings. The van der Waals surface area contributed by atoms with Crippen LogP contribution in [0, 0.1) is 5.92 Å². The predicted octanol–water partition coefficient (Wildman–Crippen LogP) is 0.934. The number of rotatable bonds is 4. The molecule has 1 saturated carbocycles. The molecule has 142 valence electrons. The maximum absolute atomic E-state index is 13.2. The summed E-state index contributed by atoms with van der Waals surface area (Å²) in [4.78, 5) is 37.0. The van der Waals surface area contributed by atoms with Crippen LogP contribution in [0.15, 0.2) is 12.5 Å². The number of amides is 2. The smallest absolute Gasteiger partial charge is 0.243 e. The Hall–Kier alpha value is -1.89. The topological polar surface area (TPSA) is 81.3 Å². The van der Waals surface area contributed by atoms with E-state index in [0.29, 0.717) is 19.5 Å². The van der Waals surface area contributed by atoms with Crippen LogP contribution >= 0.6 is 0 Å². The number of aromatic amines is 1. The van der Waals surface area contributed by atoms with Crippen LogP contribution in [-0.4, -0.2) is 69.8 Å². The SMILES string of the molecule is O=C1NCCN(C(=O)C2CCN(C3CCCC3)CC2)[C@@H]1Cc1cnc[nH]1. The Morgan fingerprint density at radius 1 is 1.15 bits per heavy atom. The number of hydrogen-bond donors (Lipinski definition) is 2. The molecule has 2 saturated heterocycles. The zero-order valence-corrected chi connectivity index (χ0v) is 15.3. The molecule has 1 atom stereocenters. The van der Waals surface area contributed by atoms with Gasteiger partial charge in [-0.05, 0) is 38.8 Å². The van der Waals surface area contributed by atoms with Crippen LogP contribution in [-0.2, 0) is 16.0 Å². The quantitative estimate of drug-likeness (QED) is 0.838. The summed E-state index contributed by atoms with van der Waals surface area (Å²) >= 11 is 0. The van der Waals surface area contributed by atoms with Gasteiger partial charge in [0.25, 0.3) is 0 Å². The molecule has 0 radical (unpaired) electrons. The van der Waals surface area contributed by atoms with Crippen LogP contribution in [0.4, 0.5) is 0 Å². The lowest BCUT2D eigenvalue weighted by Crippen LogP contribution is -2.59. The van der Waals surface area contributed by atoms with E-state index in [1.54, 1.807) is 12.5 Å². The van der Waals surface area contributed by atoms with Gasteiger partial charge in [-0.1, -0.05) is 12.8 Å². The van der Waals surface area contributed by atoms with Gasteiger partial charge in [0.05, 0.1) is 6.33 Å². The third-order valence-corrected chi connectivity index (χ3v) is 6.30. The van der Waals surface area contributed by atoms with Crippen molar-refractivity contribution < 1.29 is 9.59 Å². The first-order valence-corrected chi connectivity index (χ1v) is 10.0. The average molecular weight is 359 g/mol. The Morgan fingerprint density at radius 2 is 1.92 bits per heavy atom. The molecule has 7 heteroatoms. The van der Waals surface area contributed by atoms with Gasteiger partial charge in [-0.25, -0.2) is 4.98 Å². The van der Waals surface area contributed by atoms with Crippen LogP contribution in [0.1, 0.15) is 44.2 Å². The second kappa shape index (κ2) is 7.78. The molecule has 26 heavy (non-hydrogen) atoms. The average Bonchev–Trinajstić information content (AvgIpc) is 3.37.